The zero-order chi connectivity index (χ0) is 11.4. The molecule has 0 aliphatic carbocycles. The summed E-state index contributed by atoms with van der Waals surface area (Å²) in [5.41, 5.74) is 7.01. The maximum Gasteiger partial charge on any atom is 0.0693 e. The standard InChI is InChI=1S/C11H12Cl2N2/c1-3-4-15-7(2)8-5-9(12)11(14)10(13)6-8/h1,5-7,15H,4,14H2,2H3. The lowest BCUT2D eigenvalue weighted by Crippen LogP contribution is -2.18. The van der Waals surface area contributed by atoms with Crippen molar-refractivity contribution < 1.29 is 0 Å². The highest BCUT2D eigenvalue weighted by molar-refractivity contribution is 6.38. The fourth-order valence-corrected chi connectivity index (χ4v) is 1.69. The van der Waals surface area contributed by atoms with Gasteiger partial charge in [0.2, 0.25) is 0 Å². The third kappa shape index (κ3) is 3.04. The minimum absolute atomic E-state index is 0.0941. The van der Waals surface area contributed by atoms with Gasteiger partial charge in [0.15, 0.2) is 0 Å². The lowest BCUT2D eigenvalue weighted by molar-refractivity contribution is 0.623. The van der Waals surface area contributed by atoms with Crippen molar-refractivity contribution >= 4 is 28.9 Å². The molecular formula is C11H12Cl2N2. The first-order chi connectivity index (χ1) is 7.06. The molecule has 0 spiro atoms. The van der Waals surface area contributed by atoms with Crippen LogP contribution in [0.4, 0.5) is 5.69 Å². The van der Waals surface area contributed by atoms with E-state index in [2.05, 4.69) is 11.2 Å². The van der Waals surface area contributed by atoms with E-state index in [-0.39, 0.29) is 6.04 Å². The number of nitrogens with two attached hydrogens (primary N) is 1. The monoisotopic (exact) mass is 242 g/mol. The zero-order valence-corrected chi connectivity index (χ0v) is 9.86. The molecule has 0 aliphatic rings. The minimum atomic E-state index is 0.0941. The van der Waals surface area contributed by atoms with Gasteiger partial charge in [0.05, 0.1) is 22.3 Å². The maximum atomic E-state index is 5.92. The molecule has 1 aromatic rings. The molecule has 1 unspecified atom stereocenters. The molecule has 0 amide bonds. The number of halogens is 2. The van der Waals surface area contributed by atoms with Gasteiger partial charge >= 0.3 is 0 Å². The Morgan fingerprint density at radius 3 is 2.47 bits per heavy atom. The Balaban J connectivity index is 2.91. The van der Waals surface area contributed by atoms with Crippen molar-refractivity contribution in [3.63, 3.8) is 0 Å². The Bertz CT molecular complexity index is 373. The molecule has 4 heteroatoms. The topological polar surface area (TPSA) is 38.0 Å². The molecule has 0 saturated carbocycles. The van der Waals surface area contributed by atoms with Crippen LogP contribution in [0.5, 0.6) is 0 Å². The average molecular weight is 243 g/mol. The van der Waals surface area contributed by atoms with E-state index < -0.39 is 0 Å². The minimum Gasteiger partial charge on any atom is -0.396 e. The summed E-state index contributed by atoms with van der Waals surface area (Å²) < 4.78 is 0. The van der Waals surface area contributed by atoms with Crippen LogP contribution in [0.15, 0.2) is 12.1 Å². The predicted molar refractivity (Wildman–Crippen MR) is 66.1 cm³/mol. The molecule has 0 heterocycles. The van der Waals surface area contributed by atoms with E-state index in [0.717, 1.165) is 5.56 Å². The lowest BCUT2D eigenvalue weighted by atomic mass is 10.1. The average Bonchev–Trinajstić information content (AvgIpc) is 2.21. The predicted octanol–water partition coefficient (Wildman–Crippen LogP) is 2.86. The number of nitrogens with one attached hydrogen (secondary N) is 1. The summed E-state index contributed by atoms with van der Waals surface area (Å²) in [6.45, 7) is 2.48. The first kappa shape index (κ1) is 12.2. The van der Waals surface area contributed by atoms with Gasteiger partial charge in [0.25, 0.3) is 0 Å². The first-order valence-corrected chi connectivity index (χ1v) is 5.23. The molecule has 3 N–H and O–H groups in total. The summed E-state index contributed by atoms with van der Waals surface area (Å²) in [5.74, 6) is 2.51. The normalized spacial score (nSPS) is 12.1. The van der Waals surface area contributed by atoms with Crippen molar-refractivity contribution in [1.29, 1.82) is 0 Å². The Morgan fingerprint density at radius 1 is 1.47 bits per heavy atom. The smallest absolute Gasteiger partial charge is 0.0693 e. The molecule has 0 bridgehead atoms. The van der Waals surface area contributed by atoms with Crippen molar-refractivity contribution in [3.05, 3.63) is 27.7 Å². The molecule has 15 heavy (non-hydrogen) atoms. The van der Waals surface area contributed by atoms with E-state index in [4.69, 9.17) is 35.4 Å². The second-order valence-electron chi connectivity index (χ2n) is 3.20. The summed E-state index contributed by atoms with van der Waals surface area (Å²) >= 11 is 11.8. The summed E-state index contributed by atoms with van der Waals surface area (Å²) in [6, 6.07) is 3.67. The molecule has 0 saturated heterocycles. The van der Waals surface area contributed by atoms with Crippen LogP contribution >= 0.6 is 23.2 Å². The molecule has 0 aromatic heterocycles. The highest BCUT2D eigenvalue weighted by atomic mass is 35.5. The maximum absolute atomic E-state index is 5.92. The first-order valence-electron chi connectivity index (χ1n) is 4.47. The van der Waals surface area contributed by atoms with Gasteiger partial charge < -0.3 is 5.73 Å². The van der Waals surface area contributed by atoms with Crippen molar-refractivity contribution in [1.82, 2.24) is 5.32 Å². The summed E-state index contributed by atoms with van der Waals surface area (Å²) in [6.07, 6.45) is 5.15. The number of anilines is 1. The molecule has 80 valence electrons. The van der Waals surface area contributed by atoms with E-state index in [9.17, 15) is 0 Å². The van der Waals surface area contributed by atoms with Crippen molar-refractivity contribution in [2.45, 2.75) is 13.0 Å². The number of nitrogen functional groups attached to an aromatic ring is 1. The van der Waals surface area contributed by atoms with Crippen LogP contribution in [-0.2, 0) is 0 Å². The molecule has 0 aliphatic heterocycles. The Hall–Kier alpha value is -0.880. The fourth-order valence-electron chi connectivity index (χ4n) is 1.18. The molecule has 1 aromatic carbocycles. The van der Waals surface area contributed by atoms with Crippen LogP contribution in [-0.4, -0.2) is 6.54 Å². The summed E-state index contributed by atoms with van der Waals surface area (Å²) in [5, 5.41) is 4.06. The second kappa shape index (κ2) is 5.27. The van der Waals surface area contributed by atoms with Crippen LogP contribution in [0.25, 0.3) is 0 Å². The van der Waals surface area contributed by atoms with Gasteiger partial charge in [-0.1, -0.05) is 29.1 Å². The van der Waals surface area contributed by atoms with E-state index >= 15 is 0 Å². The van der Waals surface area contributed by atoms with Gasteiger partial charge in [-0.25, -0.2) is 0 Å². The molecule has 1 atom stereocenters. The van der Waals surface area contributed by atoms with Crippen LogP contribution in [0.1, 0.15) is 18.5 Å². The van der Waals surface area contributed by atoms with E-state index in [1.165, 1.54) is 0 Å². The van der Waals surface area contributed by atoms with E-state index in [1.54, 1.807) is 12.1 Å². The van der Waals surface area contributed by atoms with Gasteiger partial charge in [-0.2, -0.15) is 0 Å². The molecular weight excluding hydrogens is 231 g/mol. The number of hydrogen-bond acceptors (Lipinski definition) is 2. The van der Waals surface area contributed by atoms with Crippen molar-refractivity contribution in [2.24, 2.45) is 0 Å². The Kier molecular flexibility index (Phi) is 4.28. The number of rotatable bonds is 3. The third-order valence-electron chi connectivity index (χ3n) is 2.11. The number of terminal acetylenes is 1. The molecule has 1 rings (SSSR count). The van der Waals surface area contributed by atoms with E-state index in [1.807, 2.05) is 6.92 Å². The molecule has 0 radical (unpaired) electrons. The quantitative estimate of drug-likeness (QED) is 0.632. The SMILES string of the molecule is C#CCNC(C)c1cc(Cl)c(N)c(Cl)c1. The van der Waals surface area contributed by atoms with Gasteiger partial charge in [0, 0.05) is 6.04 Å². The van der Waals surface area contributed by atoms with Gasteiger partial charge in [-0.05, 0) is 24.6 Å². The van der Waals surface area contributed by atoms with Crippen molar-refractivity contribution in [3.8, 4) is 12.3 Å². The lowest BCUT2D eigenvalue weighted by Gasteiger charge is -2.14. The van der Waals surface area contributed by atoms with E-state index in [0.29, 0.717) is 22.3 Å². The molecule has 2 nitrogen and oxygen atoms in total. The zero-order valence-electron chi connectivity index (χ0n) is 8.35. The fraction of sp³-hybridized carbons (Fsp3) is 0.273. The Morgan fingerprint density at radius 2 is 2.00 bits per heavy atom. The number of benzene rings is 1. The summed E-state index contributed by atoms with van der Waals surface area (Å²) in [4.78, 5) is 0. The molecule has 0 fully saturated rings. The summed E-state index contributed by atoms with van der Waals surface area (Å²) in [7, 11) is 0. The third-order valence-corrected chi connectivity index (χ3v) is 2.74. The number of hydrogen-bond donors (Lipinski definition) is 2. The van der Waals surface area contributed by atoms with Crippen LogP contribution < -0.4 is 11.1 Å². The van der Waals surface area contributed by atoms with Gasteiger partial charge in [0.1, 0.15) is 0 Å². The van der Waals surface area contributed by atoms with Crippen LogP contribution in [0.2, 0.25) is 10.0 Å². The largest absolute Gasteiger partial charge is 0.396 e. The van der Waals surface area contributed by atoms with Crippen LogP contribution in [0.3, 0.4) is 0 Å². The van der Waals surface area contributed by atoms with Crippen molar-refractivity contribution in [2.75, 3.05) is 12.3 Å². The highest BCUT2D eigenvalue weighted by Gasteiger charge is 2.09. The van der Waals surface area contributed by atoms with Gasteiger partial charge in [-0.3, -0.25) is 5.32 Å². The van der Waals surface area contributed by atoms with Crippen LogP contribution in [0, 0.1) is 12.3 Å². The van der Waals surface area contributed by atoms with Gasteiger partial charge in [-0.15, -0.1) is 6.42 Å². The highest BCUT2D eigenvalue weighted by Crippen LogP contribution is 2.30. The second-order valence-corrected chi connectivity index (χ2v) is 4.02. The Labute approximate surface area is 99.8 Å².